The number of aromatic nitrogens is 2. The summed E-state index contributed by atoms with van der Waals surface area (Å²) in [4.78, 5) is 0. The van der Waals surface area contributed by atoms with Gasteiger partial charge in [0.05, 0.1) is 6.10 Å². The molecule has 2 unspecified atom stereocenters. The molecule has 0 aliphatic heterocycles. The zero-order chi connectivity index (χ0) is 15.2. The number of aliphatic hydroxyl groups is 1. The molecule has 0 bridgehead atoms. The lowest BCUT2D eigenvalue weighted by Crippen LogP contribution is -2.31. The molecule has 2 N–H and O–H groups in total. The molecule has 0 saturated carbocycles. The van der Waals surface area contributed by atoms with Gasteiger partial charge in [-0.25, -0.2) is 0 Å². The highest BCUT2D eigenvalue weighted by Gasteiger charge is 2.11. The van der Waals surface area contributed by atoms with Gasteiger partial charge in [-0.3, -0.25) is 4.68 Å². The molecule has 2 aromatic rings. The third kappa shape index (κ3) is 5.32. The molecule has 0 radical (unpaired) electrons. The molecule has 0 aliphatic rings. The third-order valence-electron chi connectivity index (χ3n) is 3.28. The second-order valence-electron chi connectivity index (χ2n) is 5.09. The highest BCUT2D eigenvalue weighted by atomic mass is 35.5. The van der Waals surface area contributed by atoms with Crippen LogP contribution < -0.4 is 5.32 Å². The van der Waals surface area contributed by atoms with Crippen molar-refractivity contribution in [3.63, 3.8) is 0 Å². The van der Waals surface area contributed by atoms with E-state index in [0.29, 0.717) is 16.6 Å². The molecule has 0 fully saturated rings. The van der Waals surface area contributed by atoms with Crippen LogP contribution in [0.2, 0.25) is 10.0 Å². The van der Waals surface area contributed by atoms with Gasteiger partial charge >= 0.3 is 0 Å². The fourth-order valence-electron chi connectivity index (χ4n) is 2.06. The maximum Gasteiger partial charge on any atom is 0.0915 e. The zero-order valence-electron chi connectivity index (χ0n) is 11.8. The molecule has 114 valence electrons. The highest BCUT2D eigenvalue weighted by molar-refractivity contribution is 6.34. The summed E-state index contributed by atoms with van der Waals surface area (Å²) in [5.41, 5.74) is 0.722. The summed E-state index contributed by atoms with van der Waals surface area (Å²) in [5, 5.41) is 18.7. The van der Waals surface area contributed by atoms with Crippen molar-refractivity contribution in [2.75, 3.05) is 6.54 Å². The van der Waals surface area contributed by atoms with Crippen LogP contribution in [0.15, 0.2) is 36.7 Å². The molecule has 1 heterocycles. The van der Waals surface area contributed by atoms with Crippen LogP contribution in [-0.4, -0.2) is 27.5 Å². The van der Waals surface area contributed by atoms with Gasteiger partial charge in [0.25, 0.3) is 0 Å². The molecular formula is C15H19Cl2N3O. The number of aryl methyl sites for hydroxylation is 1. The average Bonchev–Trinajstić information content (AvgIpc) is 2.94. The summed E-state index contributed by atoms with van der Waals surface area (Å²) in [6.07, 6.45) is 4.01. The Morgan fingerprint density at radius 3 is 2.62 bits per heavy atom. The first kappa shape index (κ1) is 16.3. The topological polar surface area (TPSA) is 50.1 Å². The number of rotatable bonds is 7. The predicted octanol–water partition coefficient (Wildman–Crippen LogP) is 3.29. The number of aliphatic hydroxyl groups excluding tert-OH is 1. The fraction of sp³-hybridized carbons (Fsp3) is 0.400. The maximum atomic E-state index is 10.2. The first-order valence-electron chi connectivity index (χ1n) is 6.89. The second-order valence-corrected chi connectivity index (χ2v) is 5.96. The minimum atomic E-state index is -0.631. The molecule has 0 spiro atoms. The van der Waals surface area contributed by atoms with Crippen molar-refractivity contribution < 1.29 is 5.11 Å². The SMILES string of the molecule is CC(CCn1cccn1)NCC(O)c1cc(Cl)cc(Cl)c1. The van der Waals surface area contributed by atoms with Crippen molar-refractivity contribution in [1.82, 2.24) is 15.1 Å². The average molecular weight is 328 g/mol. The van der Waals surface area contributed by atoms with Crippen molar-refractivity contribution in [2.24, 2.45) is 0 Å². The monoisotopic (exact) mass is 327 g/mol. The van der Waals surface area contributed by atoms with Crippen LogP contribution in [0.3, 0.4) is 0 Å². The largest absolute Gasteiger partial charge is 0.387 e. The molecule has 4 nitrogen and oxygen atoms in total. The lowest BCUT2D eigenvalue weighted by Gasteiger charge is -2.18. The van der Waals surface area contributed by atoms with Gasteiger partial charge < -0.3 is 10.4 Å². The van der Waals surface area contributed by atoms with Gasteiger partial charge in [-0.2, -0.15) is 5.10 Å². The minimum absolute atomic E-state index is 0.276. The molecule has 6 heteroatoms. The summed E-state index contributed by atoms with van der Waals surface area (Å²) in [6, 6.07) is 7.30. The van der Waals surface area contributed by atoms with Crippen LogP contribution in [0.5, 0.6) is 0 Å². The molecule has 2 atom stereocenters. The zero-order valence-corrected chi connectivity index (χ0v) is 13.3. The standard InChI is InChI=1S/C15H19Cl2N3O/c1-11(3-6-20-5-2-4-19-20)18-10-15(21)12-7-13(16)9-14(17)8-12/h2,4-5,7-9,11,15,18,21H,3,6,10H2,1H3. The fourth-order valence-corrected chi connectivity index (χ4v) is 2.60. The van der Waals surface area contributed by atoms with Crippen LogP contribution in [0.25, 0.3) is 0 Å². The number of hydrogen-bond acceptors (Lipinski definition) is 3. The van der Waals surface area contributed by atoms with Gasteiger partial charge in [0, 0.05) is 41.6 Å². The Balaban J connectivity index is 1.78. The van der Waals surface area contributed by atoms with E-state index in [4.69, 9.17) is 23.2 Å². The number of nitrogens with zero attached hydrogens (tertiary/aromatic N) is 2. The van der Waals surface area contributed by atoms with Gasteiger partial charge in [0.1, 0.15) is 0 Å². The Bertz CT molecular complexity index is 540. The van der Waals surface area contributed by atoms with Gasteiger partial charge in [-0.05, 0) is 43.2 Å². The Labute approximate surface area is 134 Å². The first-order valence-corrected chi connectivity index (χ1v) is 7.65. The summed E-state index contributed by atoms with van der Waals surface area (Å²) in [7, 11) is 0. The van der Waals surface area contributed by atoms with Crippen molar-refractivity contribution >= 4 is 23.2 Å². The molecular weight excluding hydrogens is 309 g/mol. The van der Waals surface area contributed by atoms with Gasteiger partial charge in [0.15, 0.2) is 0 Å². The van der Waals surface area contributed by atoms with Gasteiger partial charge in [-0.15, -0.1) is 0 Å². The van der Waals surface area contributed by atoms with Crippen LogP contribution in [0.4, 0.5) is 0 Å². The molecule has 21 heavy (non-hydrogen) atoms. The smallest absolute Gasteiger partial charge is 0.0915 e. The van der Waals surface area contributed by atoms with Crippen molar-refractivity contribution in [1.29, 1.82) is 0 Å². The quantitative estimate of drug-likeness (QED) is 0.820. The van der Waals surface area contributed by atoms with E-state index in [9.17, 15) is 5.11 Å². The second kappa shape index (κ2) is 7.80. The van der Waals surface area contributed by atoms with E-state index in [-0.39, 0.29) is 6.04 Å². The van der Waals surface area contributed by atoms with Gasteiger partial charge in [-0.1, -0.05) is 23.2 Å². The molecule has 0 saturated heterocycles. The highest BCUT2D eigenvalue weighted by Crippen LogP contribution is 2.23. The van der Waals surface area contributed by atoms with E-state index >= 15 is 0 Å². The van der Waals surface area contributed by atoms with E-state index in [1.165, 1.54) is 0 Å². The van der Waals surface area contributed by atoms with Crippen LogP contribution >= 0.6 is 23.2 Å². The lowest BCUT2D eigenvalue weighted by molar-refractivity contribution is 0.169. The van der Waals surface area contributed by atoms with Crippen LogP contribution in [0.1, 0.15) is 25.0 Å². The molecule has 1 aromatic heterocycles. The van der Waals surface area contributed by atoms with E-state index in [0.717, 1.165) is 18.5 Å². The molecule has 1 aromatic carbocycles. The van der Waals surface area contributed by atoms with Crippen LogP contribution in [-0.2, 0) is 6.54 Å². The Hall–Kier alpha value is -1.07. The maximum absolute atomic E-state index is 10.2. The number of halogens is 2. The summed E-state index contributed by atoms with van der Waals surface area (Å²) < 4.78 is 1.89. The minimum Gasteiger partial charge on any atom is -0.387 e. The summed E-state index contributed by atoms with van der Waals surface area (Å²) in [6.45, 7) is 3.39. The number of benzene rings is 1. The Kier molecular flexibility index (Phi) is 6.06. The van der Waals surface area contributed by atoms with E-state index in [1.54, 1.807) is 24.4 Å². The molecule has 0 amide bonds. The molecule has 0 aliphatic carbocycles. The normalized spacial score (nSPS) is 14.1. The third-order valence-corrected chi connectivity index (χ3v) is 3.72. The van der Waals surface area contributed by atoms with E-state index in [2.05, 4.69) is 17.3 Å². The van der Waals surface area contributed by atoms with Crippen molar-refractivity contribution in [3.8, 4) is 0 Å². The number of nitrogens with one attached hydrogen (secondary N) is 1. The van der Waals surface area contributed by atoms with Crippen LogP contribution in [0, 0.1) is 0 Å². The Morgan fingerprint density at radius 1 is 1.29 bits per heavy atom. The van der Waals surface area contributed by atoms with E-state index in [1.807, 2.05) is 16.9 Å². The summed E-state index contributed by atoms with van der Waals surface area (Å²) >= 11 is 11.9. The predicted molar refractivity (Wildman–Crippen MR) is 85.7 cm³/mol. The lowest BCUT2D eigenvalue weighted by atomic mass is 10.1. The van der Waals surface area contributed by atoms with E-state index < -0.39 is 6.10 Å². The first-order chi connectivity index (χ1) is 10.0. The summed E-state index contributed by atoms with van der Waals surface area (Å²) in [5.74, 6) is 0. The van der Waals surface area contributed by atoms with Gasteiger partial charge in [0.2, 0.25) is 0 Å². The molecule has 2 rings (SSSR count). The van der Waals surface area contributed by atoms with Crippen molar-refractivity contribution in [2.45, 2.75) is 32.0 Å². The number of hydrogen-bond donors (Lipinski definition) is 2. The van der Waals surface area contributed by atoms with Crippen molar-refractivity contribution in [3.05, 3.63) is 52.3 Å². The Morgan fingerprint density at radius 2 is 2.00 bits per heavy atom.